The van der Waals surface area contributed by atoms with E-state index >= 15 is 0 Å². The molecule has 0 bridgehead atoms. The second kappa shape index (κ2) is 10.2. The predicted octanol–water partition coefficient (Wildman–Crippen LogP) is 4.24. The van der Waals surface area contributed by atoms with E-state index in [1.807, 2.05) is 7.05 Å². The fourth-order valence-electron chi connectivity index (χ4n) is 4.21. The molecule has 0 heterocycles. The van der Waals surface area contributed by atoms with E-state index in [2.05, 4.69) is 54.6 Å². The Morgan fingerprint density at radius 1 is 0.909 bits per heavy atom. The standard InChI is InChI=1S/C28H28N2O3/c1-30(28(32)22-14-16-23(17-15-22)33-19-27(29)31)18-6-11-26-24-9-4-2-7-20(24)12-13-21-8-3-5-10-25(21)26/h2-5,7-11,14-17H,6,12-13,18-19H2,1H3,(H2,29,31). The minimum Gasteiger partial charge on any atom is -0.484 e. The molecule has 0 radical (unpaired) electrons. The molecule has 0 saturated heterocycles. The molecule has 5 heteroatoms. The highest BCUT2D eigenvalue weighted by Crippen LogP contribution is 2.33. The third-order valence-corrected chi connectivity index (χ3v) is 5.92. The van der Waals surface area contributed by atoms with E-state index in [0.29, 0.717) is 17.9 Å². The highest BCUT2D eigenvalue weighted by atomic mass is 16.5. The van der Waals surface area contributed by atoms with Gasteiger partial charge in [0.15, 0.2) is 6.61 Å². The van der Waals surface area contributed by atoms with Gasteiger partial charge in [-0.05, 0) is 71.4 Å². The van der Waals surface area contributed by atoms with Crippen LogP contribution in [0.4, 0.5) is 0 Å². The zero-order valence-electron chi connectivity index (χ0n) is 18.8. The molecule has 2 amide bonds. The summed E-state index contributed by atoms with van der Waals surface area (Å²) in [7, 11) is 1.81. The number of hydrogen-bond donors (Lipinski definition) is 1. The fraction of sp³-hybridized carbons (Fsp3) is 0.214. The van der Waals surface area contributed by atoms with Gasteiger partial charge in [-0.15, -0.1) is 0 Å². The molecule has 33 heavy (non-hydrogen) atoms. The molecule has 0 unspecified atom stereocenters. The first-order valence-corrected chi connectivity index (χ1v) is 11.2. The molecule has 0 aliphatic heterocycles. The van der Waals surface area contributed by atoms with Gasteiger partial charge < -0.3 is 15.4 Å². The number of primary amides is 1. The van der Waals surface area contributed by atoms with E-state index in [1.54, 1.807) is 29.2 Å². The molecule has 1 aliphatic rings. The van der Waals surface area contributed by atoms with Crippen LogP contribution >= 0.6 is 0 Å². The lowest BCUT2D eigenvalue weighted by Crippen LogP contribution is -2.27. The van der Waals surface area contributed by atoms with Gasteiger partial charge in [-0.2, -0.15) is 0 Å². The molecule has 2 N–H and O–H groups in total. The quantitative estimate of drug-likeness (QED) is 0.597. The molecule has 0 fully saturated rings. The van der Waals surface area contributed by atoms with Crippen molar-refractivity contribution in [3.63, 3.8) is 0 Å². The SMILES string of the molecule is CN(CCC=C1c2ccccc2CCc2ccccc21)C(=O)c1ccc(OCC(N)=O)cc1. The van der Waals surface area contributed by atoms with Crippen molar-refractivity contribution >= 4 is 17.4 Å². The summed E-state index contributed by atoms with van der Waals surface area (Å²) in [6, 6.07) is 23.9. The fourth-order valence-corrected chi connectivity index (χ4v) is 4.21. The Hall–Kier alpha value is -3.86. The molecule has 5 nitrogen and oxygen atoms in total. The highest BCUT2D eigenvalue weighted by molar-refractivity contribution is 5.94. The van der Waals surface area contributed by atoms with Crippen molar-refractivity contribution in [1.82, 2.24) is 4.90 Å². The van der Waals surface area contributed by atoms with Crippen molar-refractivity contribution in [2.24, 2.45) is 5.73 Å². The number of hydrogen-bond acceptors (Lipinski definition) is 3. The van der Waals surface area contributed by atoms with E-state index < -0.39 is 5.91 Å². The van der Waals surface area contributed by atoms with Crippen LogP contribution in [0.5, 0.6) is 5.75 Å². The number of rotatable bonds is 7. The Bertz CT molecular complexity index is 1130. The summed E-state index contributed by atoms with van der Waals surface area (Å²) in [6.07, 6.45) is 5.07. The number of amides is 2. The van der Waals surface area contributed by atoms with Crippen LogP contribution in [0.2, 0.25) is 0 Å². The van der Waals surface area contributed by atoms with Crippen molar-refractivity contribution in [1.29, 1.82) is 0 Å². The highest BCUT2D eigenvalue weighted by Gasteiger charge is 2.17. The van der Waals surface area contributed by atoms with Gasteiger partial charge in [-0.25, -0.2) is 0 Å². The second-order valence-electron chi connectivity index (χ2n) is 8.23. The smallest absolute Gasteiger partial charge is 0.255 e. The van der Waals surface area contributed by atoms with Crippen molar-refractivity contribution in [2.75, 3.05) is 20.2 Å². The Labute approximate surface area is 194 Å². The summed E-state index contributed by atoms with van der Waals surface area (Å²) in [6.45, 7) is 0.417. The molecular weight excluding hydrogens is 412 g/mol. The summed E-state index contributed by atoms with van der Waals surface area (Å²) in [5, 5.41) is 0. The summed E-state index contributed by atoms with van der Waals surface area (Å²) >= 11 is 0. The molecule has 0 aromatic heterocycles. The van der Waals surface area contributed by atoms with Crippen LogP contribution in [0.15, 0.2) is 78.9 Å². The van der Waals surface area contributed by atoms with Crippen LogP contribution < -0.4 is 10.5 Å². The van der Waals surface area contributed by atoms with Gasteiger partial charge in [0.25, 0.3) is 11.8 Å². The maximum absolute atomic E-state index is 12.8. The van der Waals surface area contributed by atoms with E-state index in [-0.39, 0.29) is 12.5 Å². The molecule has 0 spiro atoms. The first-order valence-electron chi connectivity index (χ1n) is 11.2. The van der Waals surface area contributed by atoms with Gasteiger partial charge in [0.2, 0.25) is 0 Å². The van der Waals surface area contributed by atoms with Crippen LogP contribution in [-0.4, -0.2) is 36.9 Å². The maximum Gasteiger partial charge on any atom is 0.255 e. The molecule has 0 saturated carbocycles. The second-order valence-corrected chi connectivity index (χ2v) is 8.23. The van der Waals surface area contributed by atoms with Crippen LogP contribution in [0.1, 0.15) is 39.0 Å². The topological polar surface area (TPSA) is 72.6 Å². The normalized spacial score (nSPS) is 12.2. The summed E-state index contributed by atoms with van der Waals surface area (Å²) < 4.78 is 5.26. The lowest BCUT2D eigenvalue weighted by atomic mass is 9.93. The Morgan fingerprint density at radius 2 is 1.48 bits per heavy atom. The molecule has 1 aliphatic carbocycles. The number of aryl methyl sites for hydroxylation is 2. The monoisotopic (exact) mass is 440 g/mol. The van der Waals surface area contributed by atoms with E-state index in [9.17, 15) is 9.59 Å². The number of benzene rings is 3. The average Bonchev–Trinajstić information content (AvgIpc) is 3.00. The zero-order valence-corrected chi connectivity index (χ0v) is 18.8. The maximum atomic E-state index is 12.8. The predicted molar refractivity (Wildman–Crippen MR) is 130 cm³/mol. The van der Waals surface area contributed by atoms with E-state index in [1.165, 1.54) is 27.8 Å². The molecule has 0 atom stereocenters. The van der Waals surface area contributed by atoms with Gasteiger partial charge in [0, 0.05) is 19.2 Å². The molecule has 3 aromatic carbocycles. The van der Waals surface area contributed by atoms with Crippen molar-refractivity contribution in [3.05, 3.63) is 107 Å². The van der Waals surface area contributed by atoms with Gasteiger partial charge in [-0.3, -0.25) is 9.59 Å². The van der Waals surface area contributed by atoms with E-state index in [0.717, 1.165) is 19.3 Å². The number of fused-ring (bicyclic) bond motifs is 2. The largest absolute Gasteiger partial charge is 0.484 e. The summed E-state index contributed by atoms with van der Waals surface area (Å²) in [5.41, 5.74) is 12.2. The number of carbonyl (C=O) groups is 2. The van der Waals surface area contributed by atoms with E-state index in [4.69, 9.17) is 10.5 Å². The van der Waals surface area contributed by atoms with Gasteiger partial charge in [-0.1, -0.05) is 54.6 Å². The first kappa shape index (κ1) is 22.3. The van der Waals surface area contributed by atoms with Gasteiger partial charge >= 0.3 is 0 Å². The Balaban J connectivity index is 1.47. The Morgan fingerprint density at radius 3 is 2.06 bits per heavy atom. The minimum atomic E-state index is -0.539. The molecular formula is C28H28N2O3. The average molecular weight is 441 g/mol. The lowest BCUT2D eigenvalue weighted by Gasteiger charge is -2.17. The number of nitrogens with zero attached hydrogens (tertiary/aromatic N) is 1. The van der Waals surface area contributed by atoms with Crippen LogP contribution in [0, 0.1) is 0 Å². The lowest BCUT2D eigenvalue weighted by molar-refractivity contribution is -0.119. The zero-order chi connectivity index (χ0) is 23.2. The van der Waals surface area contributed by atoms with Gasteiger partial charge in [0.05, 0.1) is 0 Å². The number of ether oxygens (including phenoxy) is 1. The van der Waals surface area contributed by atoms with Crippen molar-refractivity contribution in [3.8, 4) is 5.75 Å². The summed E-state index contributed by atoms with van der Waals surface area (Å²) in [5.74, 6) is -0.0946. The van der Waals surface area contributed by atoms with Crippen molar-refractivity contribution in [2.45, 2.75) is 19.3 Å². The van der Waals surface area contributed by atoms with Gasteiger partial charge in [0.1, 0.15) is 5.75 Å². The molecule has 3 aromatic rings. The molecule has 4 rings (SSSR count). The molecule has 168 valence electrons. The van der Waals surface area contributed by atoms with Crippen molar-refractivity contribution < 1.29 is 14.3 Å². The van der Waals surface area contributed by atoms with Crippen LogP contribution in [0.3, 0.4) is 0 Å². The number of nitrogens with two attached hydrogens (primary N) is 1. The summed E-state index contributed by atoms with van der Waals surface area (Å²) in [4.78, 5) is 25.4. The Kier molecular flexibility index (Phi) is 6.89. The third kappa shape index (κ3) is 5.32. The number of carbonyl (C=O) groups excluding carboxylic acids is 2. The van der Waals surface area contributed by atoms with Crippen LogP contribution in [0.25, 0.3) is 5.57 Å². The van der Waals surface area contributed by atoms with Crippen LogP contribution in [-0.2, 0) is 17.6 Å². The minimum absolute atomic E-state index is 0.0588. The third-order valence-electron chi connectivity index (χ3n) is 5.92. The first-order chi connectivity index (χ1) is 16.0.